The summed E-state index contributed by atoms with van der Waals surface area (Å²) in [5.74, 6) is 1.75. The fraction of sp³-hybridized carbons (Fsp3) is 0.400. The second kappa shape index (κ2) is 5.45. The molecule has 1 heterocycles. The zero-order valence-corrected chi connectivity index (χ0v) is 12.2. The van der Waals surface area contributed by atoms with Crippen LogP contribution in [0.15, 0.2) is 18.2 Å². The van der Waals surface area contributed by atoms with Gasteiger partial charge in [0.2, 0.25) is 0 Å². The number of nitrogens with zero attached hydrogens (tertiary/aromatic N) is 2. The molecule has 0 saturated carbocycles. The van der Waals surface area contributed by atoms with Gasteiger partial charge < -0.3 is 10.1 Å². The highest BCUT2D eigenvalue weighted by Crippen LogP contribution is 2.30. The summed E-state index contributed by atoms with van der Waals surface area (Å²) in [7, 11) is 3.87. The summed E-state index contributed by atoms with van der Waals surface area (Å²) in [6.07, 6.45) is 0. The van der Waals surface area contributed by atoms with Crippen LogP contribution in [0, 0.1) is 20.8 Å². The van der Waals surface area contributed by atoms with Crippen LogP contribution in [0.4, 0.5) is 0 Å². The van der Waals surface area contributed by atoms with Gasteiger partial charge in [0.15, 0.2) is 5.75 Å². The van der Waals surface area contributed by atoms with Crippen molar-refractivity contribution in [1.82, 2.24) is 15.1 Å². The van der Waals surface area contributed by atoms with Crippen LogP contribution in [0.5, 0.6) is 11.5 Å². The Bertz CT molecular complexity index is 587. The Balaban J connectivity index is 2.34. The number of ether oxygens (including phenoxy) is 1. The molecule has 0 aliphatic heterocycles. The smallest absolute Gasteiger partial charge is 0.171 e. The Hall–Kier alpha value is -1.81. The molecule has 4 heteroatoms. The lowest BCUT2D eigenvalue weighted by atomic mass is 10.1. The van der Waals surface area contributed by atoms with Gasteiger partial charge in [-0.05, 0) is 45.0 Å². The van der Waals surface area contributed by atoms with E-state index in [0.717, 1.165) is 35.0 Å². The molecule has 2 rings (SSSR count). The van der Waals surface area contributed by atoms with Crippen molar-refractivity contribution in [2.75, 3.05) is 7.05 Å². The molecule has 4 nitrogen and oxygen atoms in total. The van der Waals surface area contributed by atoms with Gasteiger partial charge in [-0.3, -0.25) is 4.68 Å². The summed E-state index contributed by atoms with van der Waals surface area (Å²) in [6.45, 7) is 6.87. The van der Waals surface area contributed by atoms with Crippen LogP contribution < -0.4 is 10.1 Å². The molecular formula is C15H21N3O. The molecule has 1 N–H and O–H groups in total. The van der Waals surface area contributed by atoms with Gasteiger partial charge in [0, 0.05) is 13.6 Å². The Morgan fingerprint density at radius 2 is 2.00 bits per heavy atom. The van der Waals surface area contributed by atoms with E-state index in [4.69, 9.17) is 4.74 Å². The first-order chi connectivity index (χ1) is 9.02. The summed E-state index contributed by atoms with van der Waals surface area (Å²) in [5, 5.41) is 7.52. The third-order valence-electron chi connectivity index (χ3n) is 3.29. The molecule has 0 saturated heterocycles. The van der Waals surface area contributed by atoms with Crippen LogP contribution in [0.3, 0.4) is 0 Å². The molecule has 102 valence electrons. The minimum Gasteiger partial charge on any atom is -0.453 e. The summed E-state index contributed by atoms with van der Waals surface area (Å²) in [4.78, 5) is 0. The van der Waals surface area contributed by atoms with E-state index in [9.17, 15) is 0 Å². The molecule has 0 aliphatic carbocycles. The summed E-state index contributed by atoms with van der Waals surface area (Å²) < 4.78 is 7.91. The minimum absolute atomic E-state index is 0.835. The first-order valence-corrected chi connectivity index (χ1v) is 6.45. The van der Waals surface area contributed by atoms with Gasteiger partial charge in [0.25, 0.3) is 0 Å². The Labute approximate surface area is 114 Å². The Kier molecular flexibility index (Phi) is 3.90. The third-order valence-corrected chi connectivity index (χ3v) is 3.29. The van der Waals surface area contributed by atoms with Crippen molar-refractivity contribution in [3.63, 3.8) is 0 Å². The molecule has 0 spiro atoms. The molecule has 1 aromatic heterocycles. The Morgan fingerprint density at radius 1 is 1.26 bits per heavy atom. The highest BCUT2D eigenvalue weighted by atomic mass is 16.5. The van der Waals surface area contributed by atoms with Crippen molar-refractivity contribution in [2.24, 2.45) is 7.05 Å². The second-order valence-electron chi connectivity index (χ2n) is 4.86. The fourth-order valence-corrected chi connectivity index (χ4v) is 2.08. The largest absolute Gasteiger partial charge is 0.453 e. The number of hydrogen-bond donors (Lipinski definition) is 1. The van der Waals surface area contributed by atoms with Crippen LogP contribution in [0.1, 0.15) is 22.5 Å². The van der Waals surface area contributed by atoms with Gasteiger partial charge in [-0.1, -0.05) is 12.1 Å². The maximum atomic E-state index is 6.07. The van der Waals surface area contributed by atoms with Crippen LogP contribution in [-0.2, 0) is 13.6 Å². The van der Waals surface area contributed by atoms with Crippen LogP contribution >= 0.6 is 0 Å². The molecule has 0 radical (unpaired) electrons. The van der Waals surface area contributed by atoms with Crippen molar-refractivity contribution < 1.29 is 4.74 Å². The van der Waals surface area contributed by atoms with Crippen molar-refractivity contribution in [3.05, 3.63) is 40.7 Å². The molecule has 0 bridgehead atoms. The highest BCUT2D eigenvalue weighted by molar-refractivity contribution is 5.42. The van der Waals surface area contributed by atoms with Crippen LogP contribution in [0.25, 0.3) is 0 Å². The Morgan fingerprint density at radius 3 is 2.58 bits per heavy atom. The van der Waals surface area contributed by atoms with Gasteiger partial charge in [0.05, 0.1) is 5.69 Å². The molecule has 0 unspecified atom stereocenters. The molecule has 0 fully saturated rings. The van der Waals surface area contributed by atoms with Gasteiger partial charge in [-0.15, -0.1) is 0 Å². The third kappa shape index (κ3) is 2.79. The first-order valence-electron chi connectivity index (χ1n) is 6.45. The number of benzene rings is 1. The van der Waals surface area contributed by atoms with E-state index >= 15 is 0 Å². The molecule has 0 atom stereocenters. The molecule has 19 heavy (non-hydrogen) atoms. The lowest BCUT2D eigenvalue weighted by Crippen LogP contribution is -2.05. The number of hydrogen-bond acceptors (Lipinski definition) is 3. The lowest BCUT2D eigenvalue weighted by Gasteiger charge is -2.11. The lowest BCUT2D eigenvalue weighted by molar-refractivity contribution is 0.469. The highest BCUT2D eigenvalue weighted by Gasteiger charge is 2.13. The molecule has 0 aliphatic rings. The first kappa shape index (κ1) is 13.6. The normalized spacial score (nSPS) is 10.8. The van der Waals surface area contributed by atoms with Gasteiger partial charge in [-0.25, -0.2) is 0 Å². The number of aryl methyl sites for hydroxylation is 3. The monoisotopic (exact) mass is 259 g/mol. The SMILES string of the molecule is CNCc1ccc(C)c(Oc2c(C)nn(C)c2C)c1. The summed E-state index contributed by atoms with van der Waals surface area (Å²) in [6, 6.07) is 6.28. The fourth-order valence-electron chi connectivity index (χ4n) is 2.08. The maximum absolute atomic E-state index is 6.07. The zero-order valence-electron chi connectivity index (χ0n) is 12.2. The summed E-state index contributed by atoms with van der Waals surface area (Å²) in [5.41, 5.74) is 4.29. The van der Waals surface area contributed by atoms with E-state index in [0.29, 0.717) is 0 Å². The summed E-state index contributed by atoms with van der Waals surface area (Å²) >= 11 is 0. The molecule has 2 aromatic rings. The van der Waals surface area contributed by atoms with Crippen molar-refractivity contribution >= 4 is 0 Å². The molecule has 0 amide bonds. The minimum atomic E-state index is 0.835. The number of aromatic nitrogens is 2. The predicted octanol–water partition coefficient (Wildman–Crippen LogP) is 2.86. The second-order valence-corrected chi connectivity index (χ2v) is 4.86. The van der Waals surface area contributed by atoms with Crippen LogP contribution in [0.2, 0.25) is 0 Å². The zero-order chi connectivity index (χ0) is 14.0. The van der Waals surface area contributed by atoms with E-state index < -0.39 is 0 Å². The van der Waals surface area contributed by atoms with Crippen molar-refractivity contribution in [1.29, 1.82) is 0 Å². The average molecular weight is 259 g/mol. The number of rotatable bonds is 4. The molecule has 1 aromatic carbocycles. The van der Waals surface area contributed by atoms with Crippen molar-refractivity contribution in [3.8, 4) is 11.5 Å². The van der Waals surface area contributed by atoms with Crippen molar-refractivity contribution in [2.45, 2.75) is 27.3 Å². The van der Waals surface area contributed by atoms with Gasteiger partial charge in [0.1, 0.15) is 11.4 Å². The van der Waals surface area contributed by atoms with Gasteiger partial charge in [-0.2, -0.15) is 5.10 Å². The topological polar surface area (TPSA) is 39.1 Å². The van der Waals surface area contributed by atoms with E-state index in [-0.39, 0.29) is 0 Å². The average Bonchev–Trinajstić information content (AvgIpc) is 2.60. The molecular weight excluding hydrogens is 238 g/mol. The maximum Gasteiger partial charge on any atom is 0.171 e. The van der Waals surface area contributed by atoms with Gasteiger partial charge >= 0.3 is 0 Å². The number of nitrogens with one attached hydrogen (secondary N) is 1. The van der Waals surface area contributed by atoms with E-state index in [2.05, 4.69) is 35.5 Å². The van der Waals surface area contributed by atoms with E-state index in [1.807, 2.05) is 32.6 Å². The predicted molar refractivity (Wildman–Crippen MR) is 76.7 cm³/mol. The quantitative estimate of drug-likeness (QED) is 0.917. The van der Waals surface area contributed by atoms with Crippen LogP contribution in [-0.4, -0.2) is 16.8 Å². The van der Waals surface area contributed by atoms with E-state index in [1.54, 1.807) is 0 Å². The van der Waals surface area contributed by atoms with E-state index in [1.165, 1.54) is 5.56 Å². The standard InChI is InChI=1S/C15H21N3O/c1-10-6-7-13(9-16-4)8-14(10)19-15-11(2)17-18(5)12(15)3/h6-8,16H,9H2,1-5H3.